The highest BCUT2D eigenvalue weighted by molar-refractivity contribution is 5.96. The molecule has 0 aliphatic heterocycles. The molecule has 0 aliphatic carbocycles. The highest BCUT2D eigenvalue weighted by Crippen LogP contribution is 2.22. The average Bonchev–Trinajstić information content (AvgIpc) is 2.96. The van der Waals surface area contributed by atoms with Crippen molar-refractivity contribution in [1.29, 1.82) is 0 Å². The van der Waals surface area contributed by atoms with Crippen molar-refractivity contribution in [1.82, 2.24) is 9.78 Å². The van der Waals surface area contributed by atoms with Crippen molar-refractivity contribution in [2.75, 3.05) is 19.5 Å². The first-order valence-corrected chi connectivity index (χ1v) is 6.27. The number of hydrogen-bond acceptors (Lipinski definition) is 6. The Balaban J connectivity index is 2.47. The molecule has 7 nitrogen and oxygen atoms in total. The zero-order valence-electron chi connectivity index (χ0n) is 11.7. The van der Waals surface area contributed by atoms with E-state index >= 15 is 0 Å². The van der Waals surface area contributed by atoms with Crippen LogP contribution in [0, 0.1) is 0 Å². The second-order valence-corrected chi connectivity index (χ2v) is 4.13. The first-order chi connectivity index (χ1) is 10.1. The van der Waals surface area contributed by atoms with Gasteiger partial charge in [0.15, 0.2) is 0 Å². The van der Waals surface area contributed by atoms with Crippen LogP contribution in [0.15, 0.2) is 30.6 Å². The van der Waals surface area contributed by atoms with Gasteiger partial charge in [-0.05, 0) is 19.1 Å². The lowest BCUT2D eigenvalue weighted by Gasteiger charge is -2.10. The third-order valence-corrected chi connectivity index (χ3v) is 2.80. The molecule has 110 valence electrons. The molecule has 0 fully saturated rings. The largest absolute Gasteiger partial charge is 0.465 e. The van der Waals surface area contributed by atoms with Crippen LogP contribution < -0.4 is 5.73 Å². The Morgan fingerprint density at radius 1 is 1.33 bits per heavy atom. The third-order valence-electron chi connectivity index (χ3n) is 2.80. The normalized spacial score (nSPS) is 10.2. The first-order valence-electron chi connectivity index (χ1n) is 6.27. The second-order valence-electron chi connectivity index (χ2n) is 4.13. The van der Waals surface area contributed by atoms with Gasteiger partial charge >= 0.3 is 11.9 Å². The van der Waals surface area contributed by atoms with Crippen LogP contribution in [0.5, 0.6) is 0 Å². The topological polar surface area (TPSA) is 96.4 Å². The summed E-state index contributed by atoms with van der Waals surface area (Å²) in [6.45, 7) is 1.98. The summed E-state index contributed by atoms with van der Waals surface area (Å²) in [5.74, 6) is -1.02. The number of anilines is 1. The Morgan fingerprint density at radius 2 is 2.10 bits per heavy atom. The molecule has 0 radical (unpaired) electrons. The predicted molar refractivity (Wildman–Crippen MR) is 75.3 cm³/mol. The van der Waals surface area contributed by atoms with Gasteiger partial charge in [0.1, 0.15) is 5.69 Å². The fourth-order valence-corrected chi connectivity index (χ4v) is 1.86. The van der Waals surface area contributed by atoms with E-state index in [1.807, 2.05) is 0 Å². The Bertz CT molecular complexity index is 679. The van der Waals surface area contributed by atoms with Gasteiger partial charge in [-0.15, -0.1) is 0 Å². The van der Waals surface area contributed by atoms with Crippen LogP contribution in [0.25, 0.3) is 5.69 Å². The number of benzene rings is 1. The maximum Gasteiger partial charge on any atom is 0.341 e. The van der Waals surface area contributed by atoms with Crippen LogP contribution >= 0.6 is 0 Å². The van der Waals surface area contributed by atoms with Gasteiger partial charge in [-0.3, -0.25) is 0 Å². The van der Waals surface area contributed by atoms with Gasteiger partial charge in [-0.25, -0.2) is 14.3 Å². The van der Waals surface area contributed by atoms with E-state index in [2.05, 4.69) is 5.10 Å². The number of nitrogens with two attached hydrogens (primary N) is 1. The van der Waals surface area contributed by atoms with Crippen molar-refractivity contribution in [3.8, 4) is 5.69 Å². The van der Waals surface area contributed by atoms with Crippen LogP contribution in [0.1, 0.15) is 27.6 Å². The maximum atomic E-state index is 11.8. The summed E-state index contributed by atoms with van der Waals surface area (Å²) in [4.78, 5) is 23.4. The molecule has 0 saturated heterocycles. The van der Waals surface area contributed by atoms with Crippen molar-refractivity contribution >= 4 is 17.6 Å². The van der Waals surface area contributed by atoms with E-state index in [-0.39, 0.29) is 17.7 Å². The smallest absolute Gasteiger partial charge is 0.341 e. The van der Waals surface area contributed by atoms with Gasteiger partial charge in [0.2, 0.25) is 0 Å². The number of aromatic nitrogens is 2. The number of esters is 2. The molecule has 0 atom stereocenters. The van der Waals surface area contributed by atoms with Crippen molar-refractivity contribution < 1.29 is 19.1 Å². The lowest BCUT2D eigenvalue weighted by Crippen LogP contribution is -2.11. The quantitative estimate of drug-likeness (QED) is 0.675. The zero-order valence-corrected chi connectivity index (χ0v) is 11.7. The van der Waals surface area contributed by atoms with Gasteiger partial charge in [0, 0.05) is 6.20 Å². The van der Waals surface area contributed by atoms with Crippen LogP contribution in [0.4, 0.5) is 5.69 Å². The average molecular weight is 289 g/mol. The molecule has 2 N–H and O–H groups in total. The van der Waals surface area contributed by atoms with E-state index < -0.39 is 11.9 Å². The SMILES string of the molecule is CCOC(=O)c1cnn(-c2c(N)cccc2C(=O)OC)c1. The Kier molecular flexibility index (Phi) is 4.22. The van der Waals surface area contributed by atoms with E-state index in [1.165, 1.54) is 24.2 Å². The summed E-state index contributed by atoms with van der Waals surface area (Å²) in [5, 5.41) is 4.06. The number of ether oxygens (including phenoxy) is 2. The highest BCUT2D eigenvalue weighted by Gasteiger charge is 2.18. The summed E-state index contributed by atoms with van der Waals surface area (Å²) < 4.78 is 11.0. The number of nitrogen functional groups attached to an aromatic ring is 1. The highest BCUT2D eigenvalue weighted by atomic mass is 16.5. The summed E-state index contributed by atoms with van der Waals surface area (Å²) in [6, 6.07) is 4.84. The summed E-state index contributed by atoms with van der Waals surface area (Å²) in [5.41, 5.74) is 7.14. The van der Waals surface area contributed by atoms with Crippen molar-refractivity contribution in [3.63, 3.8) is 0 Å². The monoisotopic (exact) mass is 289 g/mol. The molecule has 0 spiro atoms. The van der Waals surface area contributed by atoms with E-state index in [0.29, 0.717) is 11.4 Å². The summed E-state index contributed by atoms with van der Waals surface area (Å²) in [6.07, 6.45) is 2.81. The van der Waals surface area contributed by atoms with Gasteiger partial charge in [0.05, 0.1) is 36.7 Å². The third kappa shape index (κ3) is 2.86. The molecule has 1 heterocycles. The number of carbonyl (C=O) groups excluding carboxylic acids is 2. The second kappa shape index (κ2) is 6.08. The lowest BCUT2D eigenvalue weighted by molar-refractivity contribution is 0.0525. The van der Waals surface area contributed by atoms with E-state index in [9.17, 15) is 9.59 Å². The molecule has 0 amide bonds. The van der Waals surface area contributed by atoms with Gasteiger partial charge < -0.3 is 15.2 Å². The summed E-state index contributed by atoms with van der Waals surface area (Å²) >= 11 is 0. The number of para-hydroxylation sites is 1. The van der Waals surface area contributed by atoms with E-state index in [0.717, 1.165) is 0 Å². The van der Waals surface area contributed by atoms with E-state index in [4.69, 9.17) is 15.2 Å². The maximum absolute atomic E-state index is 11.8. The number of methoxy groups -OCH3 is 1. The van der Waals surface area contributed by atoms with Crippen LogP contribution in [-0.4, -0.2) is 35.4 Å². The zero-order chi connectivity index (χ0) is 15.4. The van der Waals surface area contributed by atoms with Crippen LogP contribution in [-0.2, 0) is 9.47 Å². The van der Waals surface area contributed by atoms with Crippen molar-refractivity contribution in [2.24, 2.45) is 0 Å². The number of hydrogen-bond donors (Lipinski definition) is 1. The molecular weight excluding hydrogens is 274 g/mol. The standard InChI is InChI=1S/C14H15N3O4/c1-3-21-13(18)9-7-16-17(8-9)12-10(14(19)20-2)5-4-6-11(12)15/h4-8H,3,15H2,1-2H3. The summed E-state index contributed by atoms with van der Waals surface area (Å²) in [7, 11) is 1.28. The molecule has 7 heteroatoms. The number of rotatable bonds is 4. The molecular formula is C14H15N3O4. The van der Waals surface area contributed by atoms with Gasteiger partial charge in [0.25, 0.3) is 0 Å². The van der Waals surface area contributed by atoms with E-state index in [1.54, 1.807) is 25.1 Å². The molecule has 2 aromatic rings. The molecule has 1 aromatic carbocycles. The van der Waals surface area contributed by atoms with Crippen LogP contribution in [0.2, 0.25) is 0 Å². The minimum atomic E-state index is -0.537. The Morgan fingerprint density at radius 3 is 2.76 bits per heavy atom. The number of carbonyl (C=O) groups is 2. The molecule has 1 aromatic heterocycles. The van der Waals surface area contributed by atoms with Crippen LogP contribution in [0.3, 0.4) is 0 Å². The Labute approximate surface area is 121 Å². The van der Waals surface area contributed by atoms with Crippen molar-refractivity contribution in [2.45, 2.75) is 6.92 Å². The molecule has 0 saturated carbocycles. The fourth-order valence-electron chi connectivity index (χ4n) is 1.86. The molecule has 21 heavy (non-hydrogen) atoms. The molecule has 0 aliphatic rings. The van der Waals surface area contributed by atoms with Gasteiger partial charge in [-0.1, -0.05) is 6.07 Å². The van der Waals surface area contributed by atoms with Gasteiger partial charge in [-0.2, -0.15) is 5.10 Å². The predicted octanol–water partition coefficient (Wildman–Crippen LogP) is 1.42. The Hall–Kier alpha value is -2.83. The number of nitrogens with zero attached hydrogens (tertiary/aromatic N) is 2. The minimum absolute atomic E-state index is 0.260. The molecule has 2 rings (SSSR count). The molecule has 0 unspecified atom stereocenters. The van der Waals surface area contributed by atoms with Crippen molar-refractivity contribution in [3.05, 3.63) is 41.7 Å². The fraction of sp³-hybridized carbons (Fsp3) is 0.214. The first kappa shape index (κ1) is 14.6. The lowest BCUT2D eigenvalue weighted by atomic mass is 10.1. The minimum Gasteiger partial charge on any atom is -0.465 e. The molecule has 0 bridgehead atoms.